The van der Waals surface area contributed by atoms with Gasteiger partial charge in [-0.2, -0.15) is 0 Å². The van der Waals surface area contributed by atoms with Gasteiger partial charge in [0.2, 0.25) is 0 Å². The van der Waals surface area contributed by atoms with Crippen LogP contribution in [0.5, 0.6) is 5.75 Å². The van der Waals surface area contributed by atoms with Crippen LogP contribution in [0, 0.1) is 5.82 Å². The van der Waals surface area contributed by atoms with Crippen LogP contribution in [0.1, 0.15) is 10.6 Å². The van der Waals surface area contributed by atoms with Crippen LogP contribution in [0.4, 0.5) is 4.39 Å². The molecule has 2 rings (SSSR count). The Morgan fingerprint density at radius 1 is 1.38 bits per heavy atom. The van der Waals surface area contributed by atoms with Crippen molar-refractivity contribution in [3.05, 3.63) is 46.2 Å². The molecule has 0 aliphatic rings. The zero-order valence-corrected chi connectivity index (χ0v) is 9.30. The molecule has 0 amide bonds. The molecule has 0 aliphatic carbocycles. The SMILES string of the molecule is Oc1c(F)cccc1CNCc1nccs1. The zero-order chi connectivity index (χ0) is 11.4. The van der Waals surface area contributed by atoms with Crippen molar-refractivity contribution in [3.8, 4) is 5.75 Å². The Morgan fingerprint density at radius 2 is 2.25 bits per heavy atom. The summed E-state index contributed by atoms with van der Waals surface area (Å²) in [5.74, 6) is -0.873. The minimum atomic E-state index is -0.589. The minimum Gasteiger partial charge on any atom is -0.505 e. The molecule has 0 unspecified atom stereocenters. The minimum absolute atomic E-state index is 0.283. The van der Waals surface area contributed by atoms with Crippen LogP contribution in [0.15, 0.2) is 29.8 Å². The van der Waals surface area contributed by atoms with Crippen LogP contribution in [0.3, 0.4) is 0 Å². The van der Waals surface area contributed by atoms with Gasteiger partial charge in [0, 0.05) is 30.2 Å². The van der Waals surface area contributed by atoms with Gasteiger partial charge in [-0.3, -0.25) is 0 Å². The van der Waals surface area contributed by atoms with E-state index in [2.05, 4.69) is 10.3 Å². The summed E-state index contributed by atoms with van der Waals surface area (Å²) in [5, 5.41) is 15.4. The van der Waals surface area contributed by atoms with Crippen molar-refractivity contribution in [2.75, 3.05) is 0 Å². The number of benzene rings is 1. The summed E-state index contributed by atoms with van der Waals surface area (Å²) in [6, 6.07) is 4.50. The summed E-state index contributed by atoms with van der Waals surface area (Å²) in [6.07, 6.45) is 1.74. The fraction of sp³-hybridized carbons (Fsp3) is 0.182. The second-order valence-corrected chi connectivity index (χ2v) is 4.26. The first-order valence-electron chi connectivity index (χ1n) is 4.83. The van der Waals surface area contributed by atoms with Crippen LogP contribution in [0.25, 0.3) is 0 Å². The molecular formula is C11H11FN2OS. The van der Waals surface area contributed by atoms with E-state index in [0.717, 1.165) is 5.01 Å². The van der Waals surface area contributed by atoms with Gasteiger partial charge in [-0.25, -0.2) is 9.37 Å². The Labute approximate surface area is 96.6 Å². The first kappa shape index (κ1) is 11.0. The molecular weight excluding hydrogens is 227 g/mol. The molecule has 0 radical (unpaired) electrons. The molecule has 0 fully saturated rings. The van der Waals surface area contributed by atoms with E-state index in [1.165, 1.54) is 6.07 Å². The quantitative estimate of drug-likeness (QED) is 0.859. The Bertz CT molecular complexity index is 459. The summed E-state index contributed by atoms with van der Waals surface area (Å²) >= 11 is 1.56. The number of halogens is 1. The van der Waals surface area contributed by atoms with E-state index in [0.29, 0.717) is 18.7 Å². The highest BCUT2D eigenvalue weighted by atomic mass is 32.1. The first-order chi connectivity index (χ1) is 7.77. The van der Waals surface area contributed by atoms with Gasteiger partial charge in [-0.1, -0.05) is 12.1 Å². The number of thiazole rings is 1. The molecule has 3 nitrogen and oxygen atoms in total. The Hall–Kier alpha value is -1.46. The molecule has 0 atom stereocenters. The van der Waals surface area contributed by atoms with E-state index in [1.54, 1.807) is 29.7 Å². The molecule has 0 bridgehead atoms. The van der Waals surface area contributed by atoms with Crippen molar-refractivity contribution in [2.45, 2.75) is 13.1 Å². The van der Waals surface area contributed by atoms with E-state index in [4.69, 9.17) is 0 Å². The average Bonchev–Trinajstić information content (AvgIpc) is 2.77. The van der Waals surface area contributed by atoms with Gasteiger partial charge in [-0.15, -0.1) is 11.3 Å². The lowest BCUT2D eigenvalue weighted by Gasteiger charge is -2.05. The van der Waals surface area contributed by atoms with Crippen molar-refractivity contribution in [2.24, 2.45) is 0 Å². The zero-order valence-electron chi connectivity index (χ0n) is 8.48. The fourth-order valence-corrected chi connectivity index (χ4v) is 1.93. The lowest BCUT2D eigenvalue weighted by Crippen LogP contribution is -2.12. The molecule has 1 aromatic carbocycles. The van der Waals surface area contributed by atoms with Gasteiger partial charge in [0.25, 0.3) is 0 Å². The summed E-state index contributed by atoms with van der Waals surface area (Å²) in [6.45, 7) is 1.04. The molecule has 2 aromatic rings. The second kappa shape index (κ2) is 5.05. The molecule has 2 N–H and O–H groups in total. The van der Waals surface area contributed by atoms with Crippen molar-refractivity contribution >= 4 is 11.3 Å². The summed E-state index contributed by atoms with van der Waals surface area (Å²) in [5.41, 5.74) is 0.552. The lowest BCUT2D eigenvalue weighted by atomic mass is 10.2. The predicted octanol–water partition coefficient (Wildman–Crippen LogP) is 2.28. The van der Waals surface area contributed by atoms with Crippen molar-refractivity contribution in [3.63, 3.8) is 0 Å². The predicted molar refractivity (Wildman–Crippen MR) is 60.7 cm³/mol. The van der Waals surface area contributed by atoms with E-state index in [-0.39, 0.29) is 5.75 Å². The van der Waals surface area contributed by atoms with Crippen molar-refractivity contribution in [1.82, 2.24) is 10.3 Å². The van der Waals surface area contributed by atoms with E-state index in [9.17, 15) is 9.50 Å². The third-order valence-electron chi connectivity index (χ3n) is 2.15. The van der Waals surface area contributed by atoms with Crippen LogP contribution in [0.2, 0.25) is 0 Å². The number of phenols is 1. The largest absolute Gasteiger partial charge is 0.505 e. The Kier molecular flexibility index (Phi) is 3.48. The monoisotopic (exact) mass is 238 g/mol. The maximum Gasteiger partial charge on any atom is 0.165 e. The van der Waals surface area contributed by atoms with Crippen LogP contribution < -0.4 is 5.32 Å². The number of hydrogen-bond donors (Lipinski definition) is 2. The number of nitrogens with one attached hydrogen (secondary N) is 1. The smallest absolute Gasteiger partial charge is 0.165 e. The van der Waals surface area contributed by atoms with Crippen LogP contribution in [-0.4, -0.2) is 10.1 Å². The molecule has 5 heteroatoms. The third-order valence-corrected chi connectivity index (χ3v) is 2.93. The van der Waals surface area contributed by atoms with Crippen molar-refractivity contribution in [1.29, 1.82) is 0 Å². The Morgan fingerprint density at radius 3 is 3.00 bits per heavy atom. The Balaban J connectivity index is 1.92. The maximum atomic E-state index is 13.0. The molecule has 0 saturated heterocycles. The highest BCUT2D eigenvalue weighted by Gasteiger charge is 2.05. The van der Waals surface area contributed by atoms with Gasteiger partial charge in [0.05, 0.1) is 0 Å². The van der Waals surface area contributed by atoms with Gasteiger partial charge in [0.15, 0.2) is 11.6 Å². The number of aromatic nitrogens is 1. The number of hydrogen-bond acceptors (Lipinski definition) is 4. The number of rotatable bonds is 4. The van der Waals surface area contributed by atoms with Gasteiger partial charge < -0.3 is 10.4 Å². The number of phenolic OH excluding ortho intramolecular Hbond substituents is 1. The lowest BCUT2D eigenvalue weighted by molar-refractivity contribution is 0.423. The highest BCUT2D eigenvalue weighted by Crippen LogP contribution is 2.20. The number of aromatic hydroxyl groups is 1. The van der Waals surface area contributed by atoms with E-state index < -0.39 is 5.82 Å². The van der Waals surface area contributed by atoms with Gasteiger partial charge in [0.1, 0.15) is 5.01 Å². The molecule has 0 spiro atoms. The van der Waals surface area contributed by atoms with Crippen LogP contribution in [-0.2, 0) is 13.1 Å². The van der Waals surface area contributed by atoms with Crippen molar-refractivity contribution < 1.29 is 9.50 Å². The first-order valence-corrected chi connectivity index (χ1v) is 5.71. The molecule has 1 heterocycles. The van der Waals surface area contributed by atoms with E-state index >= 15 is 0 Å². The second-order valence-electron chi connectivity index (χ2n) is 3.28. The highest BCUT2D eigenvalue weighted by molar-refractivity contribution is 7.09. The number of nitrogens with zero attached hydrogens (tertiary/aromatic N) is 1. The molecule has 1 aromatic heterocycles. The van der Waals surface area contributed by atoms with Gasteiger partial charge >= 0.3 is 0 Å². The fourth-order valence-electron chi connectivity index (χ4n) is 1.35. The molecule has 16 heavy (non-hydrogen) atoms. The normalized spacial score (nSPS) is 10.6. The molecule has 0 aliphatic heterocycles. The van der Waals surface area contributed by atoms with E-state index in [1.807, 2.05) is 5.38 Å². The van der Waals surface area contributed by atoms with Gasteiger partial charge in [-0.05, 0) is 6.07 Å². The summed E-state index contributed by atoms with van der Waals surface area (Å²) < 4.78 is 13.0. The standard InChI is InChI=1S/C11H11FN2OS/c12-9-3-1-2-8(11(9)15)6-13-7-10-14-4-5-16-10/h1-5,13,15H,6-7H2. The summed E-state index contributed by atoms with van der Waals surface area (Å²) in [4.78, 5) is 4.11. The molecule has 84 valence electrons. The third kappa shape index (κ3) is 2.56. The topological polar surface area (TPSA) is 45.1 Å². The average molecular weight is 238 g/mol. The summed E-state index contributed by atoms with van der Waals surface area (Å²) in [7, 11) is 0. The van der Waals surface area contributed by atoms with Crippen LogP contribution >= 0.6 is 11.3 Å². The molecule has 0 saturated carbocycles. The maximum absolute atomic E-state index is 13.0. The number of para-hydroxylation sites is 1.